The molecule has 0 radical (unpaired) electrons. The van der Waals surface area contributed by atoms with Crippen molar-refractivity contribution in [3.05, 3.63) is 58.1 Å². The van der Waals surface area contributed by atoms with E-state index in [4.69, 9.17) is 9.84 Å². The van der Waals surface area contributed by atoms with Crippen LogP contribution < -0.4 is 15.7 Å². The fraction of sp³-hybridized carbons (Fsp3) is 0.0714. The summed E-state index contributed by atoms with van der Waals surface area (Å²) in [4.78, 5) is 33.8. The summed E-state index contributed by atoms with van der Waals surface area (Å²) in [7, 11) is 1.40. The molecule has 2 aromatic rings. The number of ether oxygens (including phenoxy) is 1. The number of nitrogens with one attached hydrogen (secondary N) is 1. The minimum absolute atomic E-state index is 0.00527. The Morgan fingerprint density at radius 3 is 2.48 bits per heavy atom. The van der Waals surface area contributed by atoms with Crippen molar-refractivity contribution in [1.29, 1.82) is 0 Å². The van der Waals surface area contributed by atoms with Crippen LogP contribution in [0.15, 0.2) is 45.8 Å². The van der Waals surface area contributed by atoms with Crippen LogP contribution in [0.3, 0.4) is 0 Å². The van der Waals surface area contributed by atoms with Gasteiger partial charge in [-0.25, -0.2) is 9.59 Å². The van der Waals surface area contributed by atoms with E-state index in [-0.39, 0.29) is 16.8 Å². The third kappa shape index (κ3) is 3.27. The van der Waals surface area contributed by atoms with Gasteiger partial charge in [-0.1, -0.05) is 0 Å². The van der Waals surface area contributed by atoms with Crippen LogP contribution in [0, 0.1) is 0 Å². The molecule has 2 rings (SSSR count). The standard InChI is InChI=1S/C14H11NO6/c1-20-11-4-2-8(14(18)19)6-10(11)15-13(17)9-3-5-12(16)21-7-9/h2-7H,1H3,(H,15,17)(H,18,19). The number of carboxylic acids is 1. The van der Waals surface area contributed by atoms with Crippen LogP contribution in [0.1, 0.15) is 20.7 Å². The second-order valence-corrected chi connectivity index (χ2v) is 4.02. The second kappa shape index (κ2) is 5.91. The first-order valence-corrected chi connectivity index (χ1v) is 5.83. The average molecular weight is 289 g/mol. The second-order valence-electron chi connectivity index (χ2n) is 4.02. The predicted octanol–water partition coefficient (Wildman–Crippen LogP) is 1.60. The molecule has 0 atom stereocenters. The van der Waals surface area contributed by atoms with E-state index >= 15 is 0 Å². The SMILES string of the molecule is COc1ccc(C(=O)O)cc1NC(=O)c1ccc(=O)oc1. The topological polar surface area (TPSA) is 106 Å². The number of carboxylic acid groups (broad SMARTS) is 1. The van der Waals surface area contributed by atoms with Crippen LogP contribution in [0.5, 0.6) is 5.75 Å². The van der Waals surface area contributed by atoms with Crippen LogP contribution in [0.25, 0.3) is 0 Å². The van der Waals surface area contributed by atoms with E-state index in [0.29, 0.717) is 5.75 Å². The maximum Gasteiger partial charge on any atom is 0.335 e. The number of methoxy groups -OCH3 is 1. The smallest absolute Gasteiger partial charge is 0.335 e. The molecule has 0 aliphatic carbocycles. The fourth-order valence-electron chi connectivity index (χ4n) is 1.62. The Labute approximate surface area is 118 Å². The van der Waals surface area contributed by atoms with E-state index in [1.807, 2.05) is 0 Å². The minimum atomic E-state index is -1.13. The van der Waals surface area contributed by atoms with Crippen molar-refractivity contribution in [3.8, 4) is 5.75 Å². The van der Waals surface area contributed by atoms with E-state index in [1.54, 1.807) is 0 Å². The molecule has 0 unspecified atom stereocenters. The fourth-order valence-corrected chi connectivity index (χ4v) is 1.62. The molecule has 7 heteroatoms. The molecule has 108 valence electrons. The van der Waals surface area contributed by atoms with Crippen molar-refractivity contribution >= 4 is 17.6 Å². The van der Waals surface area contributed by atoms with Crippen molar-refractivity contribution in [2.45, 2.75) is 0 Å². The first kappa shape index (κ1) is 14.3. The molecule has 0 spiro atoms. The lowest BCUT2D eigenvalue weighted by Gasteiger charge is -2.10. The maximum absolute atomic E-state index is 12.0. The number of carbonyl (C=O) groups excluding carboxylic acids is 1. The van der Waals surface area contributed by atoms with Crippen molar-refractivity contribution in [2.24, 2.45) is 0 Å². The van der Waals surface area contributed by atoms with Gasteiger partial charge in [-0.15, -0.1) is 0 Å². The Morgan fingerprint density at radius 1 is 1.19 bits per heavy atom. The number of hydrogen-bond donors (Lipinski definition) is 2. The number of carbonyl (C=O) groups is 2. The number of anilines is 1. The molecular formula is C14H11NO6. The van der Waals surface area contributed by atoms with E-state index in [0.717, 1.165) is 12.3 Å². The molecule has 0 fully saturated rings. The Kier molecular flexibility index (Phi) is 4.03. The summed E-state index contributed by atoms with van der Waals surface area (Å²) in [5.74, 6) is -1.37. The first-order valence-electron chi connectivity index (χ1n) is 5.83. The van der Waals surface area contributed by atoms with Gasteiger partial charge in [-0.3, -0.25) is 4.79 Å². The summed E-state index contributed by atoms with van der Waals surface area (Å²) in [6.07, 6.45) is 1.02. The van der Waals surface area contributed by atoms with Crippen LogP contribution in [0.2, 0.25) is 0 Å². The van der Waals surface area contributed by atoms with Gasteiger partial charge >= 0.3 is 11.6 Å². The zero-order chi connectivity index (χ0) is 15.4. The molecule has 0 saturated heterocycles. The lowest BCUT2D eigenvalue weighted by atomic mass is 10.1. The molecule has 0 saturated carbocycles. The number of aromatic carboxylic acids is 1. The van der Waals surface area contributed by atoms with Crippen LogP contribution in [-0.2, 0) is 0 Å². The maximum atomic E-state index is 12.0. The van der Waals surface area contributed by atoms with Gasteiger partial charge in [0.2, 0.25) is 0 Å². The molecule has 21 heavy (non-hydrogen) atoms. The normalized spacial score (nSPS) is 9.95. The van der Waals surface area contributed by atoms with Crippen molar-refractivity contribution in [3.63, 3.8) is 0 Å². The average Bonchev–Trinajstić information content (AvgIpc) is 2.47. The van der Waals surface area contributed by atoms with Gasteiger partial charge in [0.1, 0.15) is 12.0 Å². The van der Waals surface area contributed by atoms with Gasteiger partial charge in [-0.05, 0) is 24.3 Å². The number of benzene rings is 1. The third-order valence-corrected chi connectivity index (χ3v) is 2.66. The van der Waals surface area contributed by atoms with Gasteiger partial charge in [0, 0.05) is 6.07 Å². The Balaban J connectivity index is 2.31. The molecule has 2 N–H and O–H groups in total. The predicted molar refractivity (Wildman–Crippen MR) is 72.9 cm³/mol. The van der Waals surface area contributed by atoms with Crippen molar-refractivity contribution in [1.82, 2.24) is 0 Å². The molecule has 7 nitrogen and oxygen atoms in total. The van der Waals surface area contributed by atoms with Gasteiger partial charge in [0.15, 0.2) is 0 Å². The summed E-state index contributed by atoms with van der Waals surface area (Å²) in [6.45, 7) is 0. The largest absolute Gasteiger partial charge is 0.495 e. The third-order valence-electron chi connectivity index (χ3n) is 2.66. The Morgan fingerprint density at radius 2 is 1.90 bits per heavy atom. The minimum Gasteiger partial charge on any atom is -0.495 e. The molecule has 0 aliphatic heterocycles. The highest BCUT2D eigenvalue weighted by atomic mass is 16.5. The van der Waals surface area contributed by atoms with Gasteiger partial charge in [-0.2, -0.15) is 0 Å². The summed E-state index contributed by atoms with van der Waals surface area (Å²) < 4.78 is 9.65. The van der Waals surface area contributed by atoms with Crippen LogP contribution >= 0.6 is 0 Å². The zero-order valence-corrected chi connectivity index (χ0v) is 11.0. The van der Waals surface area contributed by atoms with Crippen LogP contribution in [-0.4, -0.2) is 24.1 Å². The van der Waals surface area contributed by atoms with E-state index < -0.39 is 17.5 Å². The highest BCUT2D eigenvalue weighted by Gasteiger charge is 2.13. The summed E-state index contributed by atoms with van der Waals surface area (Å²) in [6, 6.07) is 6.48. The van der Waals surface area contributed by atoms with E-state index in [2.05, 4.69) is 9.73 Å². The Hall–Kier alpha value is -3.09. The summed E-state index contributed by atoms with van der Waals surface area (Å²) in [5, 5.41) is 11.5. The van der Waals surface area contributed by atoms with Gasteiger partial charge in [0.25, 0.3) is 5.91 Å². The zero-order valence-electron chi connectivity index (χ0n) is 11.0. The Bertz CT molecular complexity index is 729. The van der Waals surface area contributed by atoms with E-state index in [9.17, 15) is 14.4 Å². The number of hydrogen-bond acceptors (Lipinski definition) is 5. The number of amides is 1. The molecule has 1 aromatic heterocycles. The number of rotatable bonds is 4. The summed E-state index contributed by atoms with van der Waals surface area (Å²) >= 11 is 0. The molecule has 0 aliphatic rings. The lowest BCUT2D eigenvalue weighted by Crippen LogP contribution is -2.14. The monoisotopic (exact) mass is 289 g/mol. The van der Waals surface area contributed by atoms with E-state index in [1.165, 1.54) is 31.4 Å². The lowest BCUT2D eigenvalue weighted by molar-refractivity contribution is 0.0696. The molecule has 1 aromatic carbocycles. The quantitative estimate of drug-likeness (QED) is 0.885. The molecular weight excluding hydrogens is 278 g/mol. The first-order chi connectivity index (χ1) is 10.0. The van der Waals surface area contributed by atoms with Gasteiger partial charge < -0.3 is 19.6 Å². The van der Waals surface area contributed by atoms with Gasteiger partial charge in [0.05, 0.1) is 23.9 Å². The highest BCUT2D eigenvalue weighted by molar-refractivity contribution is 6.05. The molecule has 1 amide bonds. The van der Waals surface area contributed by atoms with Crippen molar-refractivity contribution < 1.29 is 23.8 Å². The van der Waals surface area contributed by atoms with Crippen molar-refractivity contribution in [2.75, 3.05) is 12.4 Å². The van der Waals surface area contributed by atoms with Crippen LogP contribution in [0.4, 0.5) is 5.69 Å². The molecule has 1 heterocycles. The molecule has 0 bridgehead atoms. The summed E-state index contributed by atoms with van der Waals surface area (Å²) in [5.41, 5.74) is -0.242. The highest BCUT2D eigenvalue weighted by Crippen LogP contribution is 2.26.